The number of imidazole rings is 1. The predicted octanol–water partition coefficient (Wildman–Crippen LogP) is 4.87. The van der Waals surface area contributed by atoms with Crippen LogP contribution >= 0.6 is 11.6 Å². The minimum absolute atomic E-state index is 0.109. The van der Waals surface area contributed by atoms with Gasteiger partial charge >= 0.3 is 0 Å². The number of carbonyl (C=O) groups excluding carboxylic acids is 1. The van der Waals surface area contributed by atoms with Crippen molar-refractivity contribution in [2.75, 3.05) is 38.2 Å². The smallest absolute Gasteiger partial charge is 0.223 e. The molecule has 5 rings (SSSR count). The molecule has 1 unspecified atom stereocenters. The molecule has 2 aromatic carbocycles. The van der Waals surface area contributed by atoms with E-state index in [1.54, 1.807) is 7.11 Å². The molecule has 0 bridgehead atoms. The first kappa shape index (κ1) is 22.3. The normalized spacial score (nSPS) is 14.9. The molecule has 2 aromatic heterocycles. The molecule has 1 saturated heterocycles. The Morgan fingerprint density at radius 1 is 1.00 bits per heavy atom. The Morgan fingerprint density at radius 3 is 2.44 bits per heavy atom. The number of anilines is 1. The third kappa shape index (κ3) is 4.59. The van der Waals surface area contributed by atoms with Gasteiger partial charge in [-0.3, -0.25) is 4.79 Å². The van der Waals surface area contributed by atoms with Crippen molar-refractivity contribution in [1.82, 2.24) is 14.3 Å². The van der Waals surface area contributed by atoms with Gasteiger partial charge in [0.1, 0.15) is 11.4 Å². The molecule has 7 heteroatoms. The summed E-state index contributed by atoms with van der Waals surface area (Å²) in [5.41, 5.74) is 4.03. The molecule has 1 aliphatic rings. The summed E-state index contributed by atoms with van der Waals surface area (Å²) < 4.78 is 7.25. The minimum Gasteiger partial charge on any atom is -0.497 e. The fourth-order valence-electron chi connectivity index (χ4n) is 4.62. The zero-order valence-electron chi connectivity index (χ0n) is 19.1. The van der Waals surface area contributed by atoms with E-state index in [4.69, 9.17) is 16.3 Å². The van der Waals surface area contributed by atoms with Gasteiger partial charge in [-0.05, 0) is 42.0 Å². The second-order valence-corrected chi connectivity index (χ2v) is 8.93. The number of ether oxygens (including phenoxy) is 1. The molecule has 1 amide bonds. The Bertz CT molecular complexity index is 1270. The second kappa shape index (κ2) is 9.77. The van der Waals surface area contributed by atoms with Crippen molar-refractivity contribution in [2.45, 2.75) is 12.3 Å². The number of rotatable bonds is 6. The maximum absolute atomic E-state index is 13.4. The summed E-state index contributed by atoms with van der Waals surface area (Å²) in [6, 6.07) is 22.0. The highest BCUT2D eigenvalue weighted by atomic mass is 35.5. The molecule has 0 N–H and O–H groups in total. The van der Waals surface area contributed by atoms with Crippen molar-refractivity contribution in [3.05, 3.63) is 95.4 Å². The van der Waals surface area contributed by atoms with Gasteiger partial charge in [-0.15, -0.1) is 0 Å². The lowest BCUT2D eigenvalue weighted by Gasteiger charge is -2.36. The van der Waals surface area contributed by atoms with Crippen LogP contribution in [0.5, 0.6) is 5.75 Å². The number of piperazine rings is 1. The Kier molecular flexibility index (Phi) is 6.41. The minimum atomic E-state index is -0.109. The SMILES string of the molecule is COc1ccc(N2CCN(C(=O)CC(c3ccccc3)c3cnc4ccc(Cl)cn34)CC2)cc1. The first-order chi connectivity index (χ1) is 16.6. The number of carbonyl (C=O) groups is 1. The first-order valence-electron chi connectivity index (χ1n) is 11.5. The number of pyridine rings is 1. The number of methoxy groups -OCH3 is 1. The average Bonchev–Trinajstić information content (AvgIpc) is 3.30. The summed E-state index contributed by atoms with van der Waals surface area (Å²) in [6.45, 7) is 3.01. The predicted molar refractivity (Wildman–Crippen MR) is 135 cm³/mol. The van der Waals surface area contributed by atoms with E-state index in [0.717, 1.165) is 41.4 Å². The second-order valence-electron chi connectivity index (χ2n) is 8.49. The van der Waals surface area contributed by atoms with Crippen molar-refractivity contribution in [2.24, 2.45) is 0 Å². The monoisotopic (exact) mass is 474 g/mol. The quantitative estimate of drug-likeness (QED) is 0.400. The van der Waals surface area contributed by atoms with E-state index < -0.39 is 0 Å². The lowest BCUT2D eigenvalue weighted by molar-refractivity contribution is -0.131. The molecule has 0 aliphatic carbocycles. The van der Waals surface area contributed by atoms with Crippen LogP contribution in [-0.2, 0) is 4.79 Å². The maximum Gasteiger partial charge on any atom is 0.223 e. The van der Waals surface area contributed by atoms with Gasteiger partial charge in [0, 0.05) is 56.6 Å². The van der Waals surface area contributed by atoms with Gasteiger partial charge in [-0.1, -0.05) is 41.9 Å². The molecule has 3 heterocycles. The zero-order chi connectivity index (χ0) is 23.5. The molecular formula is C27H27ClN4O2. The topological polar surface area (TPSA) is 50.1 Å². The standard InChI is InChI=1S/C27H27ClN4O2/c1-34-23-10-8-22(9-11-23)30-13-15-31(16-14-30)27(33)17-24(20-5-3-2-4-6-20)25-18-29-26-12-7-21(28)19-32(25)26/h2-12,18-19,24H,13-17H2,1H3. The van der Waals surface area contributed by atoms with E-state index in [2.05, 4.69) is 34.1 Å². The highest BCUT2D eigenvalue weighted by molar-refractivity contribution is 6.30. The van der Waals surface area contributed by atoms with E-state index in [-0.39, 0.29) is 11.8 Å². The first-order valence-corrected chi connectivity index (χ1v) is 11.8. The largest absolute Gasteiger partial charge is 0.497 e. The highest BCUT2D eigenvalue weighted by Crippen LogP contribution is 2.30. The van der Waals surface area contributed by atoms with Crippen LogP contribution in [-0.4, -0.2) is 53.5 Å². The molecule has 174 valence electrons. The number of amides is 1. The van der Waals surface area contributed by atoms with Crippen LogP contribution in [0.1, 0.15) is 23.6 Å². The summed E-state index contributed by atoms with van der Waals surface area (Å²) in [7, 11) is 1.67. The molecule has 0 radical (unpaired) electrons. The summed E-state index contributed by atoms with van der Waals surface area (Å²) >= 11 is 6.27. The third-order valence-corrected chi connectivity index (χ3v) is 6.73. The fraction of sp³-hybridized carbons (Fsp3) is 0.259. The lowest BCUT2D eigenvalue weighted by atomic mass is 9.92. The van der Waals surface area contributed by atoms with E-state index in [1.807, 2.05) is 64.2 Å². The van der Waals surface area contributed by atoms with Crippen LogP contribution in [0.2, 0.25) is 5.02 Å². The number of benzene rings is 2. The van der Waals surface area contributed by atoms with Crippen LogP contribution < -0.4 is 9.64 Å². The third-order valence-electron chi connectivity index (χ3n) is 6.51. The summed E-state index contributed by atoms with van der Waals surface area (Å²) in [6.07, 6.45) is 4.11. The van der Waals surface area contributed by atoms with Crippen molar-refractivity contribution < 1.29 is 9.53 Å². The molecule has 1 aliphatic heterocycles. The number of halogens is 1. The fourth-order valence-corrected chi connectivity index (χ4v) is 4.78. The van der Waals surface area contributed by atoms with Crippen LogP contribution in [0.15, 0.2) is 79.1 Å². The number of aromatic nitrogens is 2. The van der Waals surface area contributed by atoms with Gasteiger partial charge in [0.15, 0.2) is 0 Å². The van der Waals surface area contributed by atoms with E-state index in [9.17, 15) is 4.79 Å². The number of hydrogen-bond acceptors (Lipinski definition) is 4. The molecule has 0 saturated carbocycles. The number of hydrogen-bond donors (Lipinski definition) is 0. The van der Waals surface area contributed by atoms with E-state index >= 15 is 0 Å². The molecule has 6 nitrogen and oxygen atoms in total. The molecule has 1 atom stereocenters. The van der Waals surface area contributed by atoms with Crippen LogP contribution in [0, 0.1) is 0 Å². The Balaban J connectivity index is 1.33. The Hall–Kier alpha value is -3.51. The van der Waals surface area contributed by atoms with Gasteiger partial charge < -0.3 is 18.9 Å². The molecule has 4 aromatic rings. The van der Waals surface area contributed by atoms with E-state index in [1.165, 1.54) is 0 Å². The maximum atomic E-state index is 13.4. The lowest BCUT2D eigenvalue weighted by Crippen LogP contribution is -2.49. The highest BCUT2D eigenvalue weighted by Gasteiger charge is 2.27. The van der Waals surface area contributed by atoms with Crippen molar-refractivity contribution in [3.8, 4) is 5.75 Å². The van der Waals surface area contributed by atoms with Gasteiger partial charge in [0.25, 0.3) is 0 Å². The molecule has 34 heavy (non-hydrogen) atoms. The van der Waals surface area contributed by atoms with Crippen LogP contribution in [0.3, 0.4) is 0 Å². The van der Waals surface area contributed by atoms with Crippen molar-refractivity contribution in [3.63, 3.8) is 0 Å². The van der Waals surface area contributed by atoms with Gasteiger partial charge in [0.2, 0.25) is 5.91 Å². The van der Waals surface area contributed by atoms with E-state index in [0.29, 0.717) is 24.5 Å². The van der Waals surface area contributed by atoms with Crippen LogP contribution in [0.4, 0.5) is 5.69 Å². The molecular weight excluding hydrogens is 448 g/mol. The van der Waals surface area contributed by atoms with Gasteiger partial charge in [-0.25, -0.2) is 4.98 Å². The van der Waals surface area contributed by atoms with Crippen molar-refractivity contribution in [1.29, 1.82) is 0 Å². The average molecular weight is 475 g/mol. The molecule has 0 spiro atoms. The Labute approximate surface area is 204 Å². The number of fused-ring (bicyclic) bond motifs is 1. The zero-order valence-corrected chi connectivity index (χ0v) is 19.9. The summed E-state index contributed by atoms with van der Waals surface area (Å²) in [5, 5.41) is 0.638. The van der Waals surface area contributed by atoms with Crippen molar-refractivity contribution >= 4 is 28.8 Å². The summed E-state index contributed by atoms with van der Waals surface area (Å²) in [4.78, 5) is 22.3. The Morgan fingerprint density at radius 2 is 1.74 bits per heavy atom. The van der Waals surface area contributed by atoms with Gasteiger partial charge in [-0.2, -0.15) is 0 Å². The summed E-state index contributed by atoms with van der Waals surface area (Å²) in [5.74, 6) is 0.889. The van der Waals surface area contributed by atoms with Gasteiger partial charge in [0.05, 0.1) is 17.8 Å². The van der Waals surface area contributed by atoms with Crippen LogP contribution in [0.25, 0.3) is 5.65 Å². The number of nitrogens with zero attached hydrogens (tertiary/aromatic N) is 4. The molecule has 1 fully saturated rings.